The van der Waals surface area contributed by atoms with E-state index in [2.05, 4.69) is 29.5 Å². The van der Waals surface area contributed by atoms with Crippen molar-refractivity contribution in [3.8, 4) is 0 Å². The Morgan fingerprint density at radius 1 is 1.23 bits per heavy atom. The van der Waals surface area contributed by atoms with Crippen molar-refractivity contribution >= 4 is 6.21 Å². The van der Waals surface area contributed by atoms with Crippen molar-refractivity contribution in [1.29, 1.82) is 0 Å². The third-order valence-electron chi connectivity index (χ3n) is 6.56. The third-order valence-corrected chi connectivity index (χ3v) is 6.56. The molecule has 0 aromatic heterocycles. The lowest BCUT2D eigenvalue weighted by Crippen LogP contribution is -2.47. The topological polar surface area (TPSA) is 77.3 Å². The van der Waals surface area contributed by atoms with Gasteiger partial charge in [0.15, 0.2) is 0 Å². The van der Waals surface area contributed by atoms with Crippen molar-refractivity contribution in [1.82, 2.24) is 10.2 Å². The molecule has 0 spiro atoms. The molecule has 0 heterocycles. The van der Waals surface area contributed by atoms with Gasteiger partial charge in [-0.1, -0.05) is 6.42 Å². The molecule has 0 radical (unpaired) electrons. The lowest BCUT2D eigenvalue weighted by molar-refractivity contribution is -0.0536. The van der Waals surface area contributed by atoms with Crippen LogP contribution in [-0.2, 0) is 4.74 Å². The lowest BCUT2D eigenvalue weighted by Gasteiger charge is -2.46. The summed E-state index contributed by atoms with van der Waals surface area (Å²) in [4.78, 5) is 2.32. The molecule has 2 saturated carbocycles. The van der Waals surface area contributed by atoms with Crippen molar-refractivity contribution in [3.63, 3.8) is 0 Å². The van der Waals surface area contributed by atoms with Gasteiger partial charge < -0.3 is 25.3 Å². The van der Waals surface area contributed by atoms with E-state index in [-0.39, 0.29) is 6.61 Å². The summed E-state index contributed by atoms with van der Waals surface area (Å²) in [6, 6.07) is 0.539. The Balaban J connectivity index is 2.03. The van der Waals surface area contributed by atoms with Gasteiger partial charge >= 0.3 is 0 Å². The highest BCUT2D eigenvalue weighted by Gasteiger charge is 2.41. The number of methoxy groups -OCH3 is 1. The predicted molar refractivity (Wildman–Crippen MR) is 105 cm³/mol. The third kappa shape index (κ3) is 5.91. The van der Waals surface area contributed by atoms with E-state index in [9.17, 15) is 0 Å². The Bertz CT molecular complexity index is 419. The van der Waals surface area contributed by atoms with Crippen LogP contribution in [0.4, 0.5) is 0 Å². The summed E-state index contributed by atoms with van der Waals surface area (Å²) in [5.74, 6) is 2.09. The van der Waals surface area contributed by atoms with Gasteiger partial charge in [0.25, 0.3) is 0 Å². The number of nitrogens with zero attached hydrogens (tertiary/aromatic N) is 2. The molecule has 6 atom stereocenters. The highest BCUT2D eigenvalue weighted by Crippen LogP contribution is 2.43. The Kier molecular flexibility index (Phi) is 9.33. The van der Waals surface area contributed by atoms with E-state index in [0.29, 0.717) is 35.8 Å². The maximum Gasteiger partial charge on any atom is 0.0642 e. The Morgan fingerprint density at radius 2 is 2.04 bits per heavy atom. The van der Waals surface area contributed by atoms with Gasteiger partial charge in [0.1, 0.15) is 0 Å². The molecule has 2 fully saturated rings. The largest absolute Gasteiger partial charge is 0.411 e. The van der Waals surface area contributed by atoms with E-state index in [1.165, 1.54) is 25.7 Å². The second-order valence-electron chi connectivity index (χ2n) is 8.45. The van der Waals surface area contributed by atoms with E-state index in [1.54, 1.807) is 6.21 Å². The zero-order valence-corrected chi connectivity index (χ0v) is 16.8. The average Bonchev–Trinajstić information content (AvgIpc) is 2.65. The minimum Gasteiger partial charge on any atom is -0.411 e. The van der Waals surface area contributed by atoms with Crippen LogP contribution in [0.2, 0.25) is 0 Å². The maximum atomic E-state index is 9.03. The van der Waals surface area contributed by atoms with E-state index in [1.807, 2.05) is 7.11 Å². The fraction of sp³-hybridized carbons (Fsp3) is 0.950. The van der Waals surface area contributed by atoms with Crippen molar-refractivity contribution < 1.29 is 15.1 Å². The molecule has 0 bridgehead atoms. The summed E-state index contributed by atoms with van der Waals surface area (Å²) in [6.07, 6.45) is 9.93. The molecule has 0 aromatic rings. The molecule has 0 saturated heterocycles. The Morgan fingerprint density at radius 3 is 2.69 bits per heavy atom. The SMILES string of the molecule is COC1C(CNCCCO)CCCC1C1CC(/C=N/O)CC(N(C)C)C1. The van der Waals surface area contributed by atoms with Crippen LogP contribution in [0.3, 0.4) is 0 Å². The van der Waals surface area contributed by atoms with Crippen molar-refractivity contribution in [2.24, 2.45) is 28.8 Å². The molecule has 3 N–H and O–H groups in total. The van der Waals surface area contributed by atoms with Gasteiger partial charge in [-0.25, -0.2) is 0 Å². The van der Waals surface area contributed by atoms with Crippen molar-refractivity contribution in [3.05, 3.63) is 0 Å². The minimum atomic E-state index is 0.246. The van der Waals surface area contributed by atoms with Crippen LogP contribution in [0.25, 0.3) is 0 Å². The number of hydrogen-bond acceptors (Lipinski definition) is 6. The van der Waals surface area contributed by atoms with Gasteiger partial charge in [-0.2, -0.15) is 0 Å². The summed E-state index contributed by atoms with van der Waals surface area (Å²) < 4.78 is 6.03. The fourth-order valence-electron chi connectivity index (χ4n) is 5.24. The van der Waals surface area contributed by atoms with Crippen LogP contribution in [-0.4, -0.2) is 74.5 Å². The normalized spacial score (nSPS) is 36.0. The van der Waals surface area contributed by atoms with E-state index in [0.717, 1.165) is 32.4 Å². The second-order valence-corrected chi connectivity index (χ2v) is 8.45. The van der Waals surface area contributed by atoms with Crippen molar-refractivity contribution in [2.75, 3.05) is 40.9 Å². The van der Waals surface area contributed by atoms with Crippen LogP contribution in [0, 0.1) is 23.7 Å². The van der Waals surface area contributed by atoms with E-state index < -0.39 is 0 Å². The Hall–Kier alpha value is -0.690. The first kappa shape index (κ1) is 21.6. The van der Waals surface area contributed by atoms with E-state index in [4.69, 9.17) is 15.1 Å². The van der Waals surface area contributed by atoms with Crippen molar-refractivity contribution in [2.45, 2.75) is 57.1 Å². The number of aliphatic hydroxyl groups is 1. The van der Waals surface area contributed by atoms with Gasteiger partial charge in [0.2, 0.25) is 0 Å². The van der Waals surface area contributed by atoms with Gasteiger partial charge in [-0.15, -0.1) is 5.16 Å². The zero-order chi connectivity index (χ0) is 18.9. The van der Waals surface area contributed by atoms with Crippen LogP contribution in [0.15, 0.2) is 5.16 Å². The van der Waals surface area contributed by atoms with Gasteiger partial charge in [-0.05, 0) is 82.8 Å². The zero-order valence-electron chi connectivity index (χ0n) is 16.8. The molecule has 2 aliphatic rings. The molecule has 0 aliphatic heterocycles. The smallest absolute Gasteiger partial charge is 0.0642 e. The molecule has 6 heteroatoms. The van der Waals surface area contributed by atoms with Gasteiger partial charge in [0, 0.05) is 32.5 Å². The average molecular weight is 370 g/mol. The number of ether oxygens (including phenoxy) is 1. The number of aliphatic hydroxyl groups excluding tert-OH is 1. The van der Waals surface area contributed by atoms with Crippen LogP contribution < -0.4 is 5.32 Å². The minimum absolute atomic E-state index is 0.246. The monoisotopic (exact) mass is 369 g/mol. The van der Waals surface area contributed by atoms with E-state index >= 15 is 0 Å². The first-order valence-electron chi connectivity index (χ1n) is 10.3. The molecule has 2 aliphatic carbocycles. The molecule has 0 aromatic carbocycles. The number of hydrogen-bond donors (Lipinski definition) is 3. The summed E-state index contributed by atoms with van der Waals surface area (Å²) >= 11 is 0. The molecule has 6 unspecified atom stereocenters. The second kappa shape index (κ2) is 11.2. The summed E-state index contributed by atoms with van der Waals surface area (Å²) in [5.41, 5.74) is 0. The summed E-state index contributed by atoms with van der Waals surface area (Å²) in [6.45, 7) is 2.09. The van der Waals surface area contributed by atoms with Crippen LogP contribution in [0.5, 0.6) is 0 Å². The molecular formula is C20H39N3O3. The van der Waals surface area contributed by atoms with Gasteiger partial charge in [-0.3, -0.25) is 0 Å². The van der Waals surface area contributed by atoms with Crippen LogP contribution >= 0.6 is 0 Å². The predicted octanol–water partition coefficient (Wildman–Crippen LogP) is 2.20. The van der Waals surface area contributed by atoms with Gasteiger partial charge in [0.05, 0.1) is 6.10 Å². The first-order chi connectivity index (χ1) is 12.6. The molecule has 0 amide bonds. The summed E-state index contributed by atoms with van der Waals surface area (Å²) in [5, 5.41) is 24.8. The number of oxime groups is 1. The molecular weight excluding hydrogens is 330 g/mol. The number of nitrogens with one attached hydrogen (secondary N) is 1. The molecule has 2 rings (SSSR count). The quantitative estimate of drug-likeness (QED) is 0.251. The highest BCUT2D eigenvalue weighted by atomic mass is 16.5. The fourth-order valence-corrected chi connectivity index (χ4v) is 5.24. The first-order valence-corrected chi connectivity index (χ1v) is 10.3. The number of rotatable bonds is 9. The summed E-state index contributed by atoms with van der Waals surface area (Å²) in [7, 11) is 6.17. The molecule has 26 heavy (non-hydrogen) atoms. The maximum absolute atomic E-state index is 9.03. The lowest BCUT2D eigenvalue weighted by atomic mass is 9.65. The highest BCUT2D eigenvalue weighted by molar-refractivity contribution is 5.60. The molecule has 6 nitrogen and oxygen atoms in total. The van der Waals surface area contributed by atoms with Crippen LogP contribution in [0.1, 0.15) is 44.9 Å². The molecule has 152 valence electrons. The standard InChI is InChI=1S/C20H39N3O3/c1-23(2)18-11-15(13-22-25)10-17(12-18)19-7-4-6-16(20(19)26-3)14-21-8-5-9-24/h13,15-21,24-25H,4-12,14H2,1-3H3/b22-13+. The Labute approximate surface area is 159 Å².